The zero-order chi connectivity index (χ0) is 31.0. The molecule has 5 unspecified atom stereocenters. The zero-order valence-electron chi connectivity index (χ0n) is 24.7. The molecule has 2 aromatic carbocycles. The van der Waals surface area contributed by atoms with Gasteiger partial charge in [0.15, 0.2) is 0 Å². The fraction of sp³-hybridized carbons (Fsp3) is 0.433. The molecule has 4 rings (SSSR count). The number of para-hydroxylation sites is 1. The maximum Gasteiger partial charge on any atom is 0.459 e. The molecule has 232 valence electrons. The number of carbonyl (C=O) groups excluding carboxylic acids is 1. The molecule has 0 radical (unpaired) electrons. The summed E-state index contributed by atoms with van der Waals surface area (Å²) < 4.78 is 44.6. The quantitative estimate of drug-likeness (QED) is 0.207. The molecule has 0 aliphatic carbocycles. The topological polar surface area (TPSA) is 136 Å². The van der Waals surface area contributed by atoms with Crippen LogP contribution in [0.3, 0.4) is 0 Å². The Balaban J connectivity index is 1.43. The molecule has 0 spiro atoms. The van der Waals surface area contributed by atoms with Crippen molar-refractivity contribution in [1.82, 2.24) is 14.2 Å². The van der Waals surface area contributed by atoms with Crippen molar-refractivity contribution in [3.63, 3.8) is 0 Å². The Morgan fingerprint density at radius 2 is 1.72 bits per heavy atom. The van der Waals surface area contributed by atoms with Gasteiger partial charge in [-0.15, -0.1) is 0 Å². The lowest BCUT2D eigenvalue weighted by atomic mass is 10.1. The largest absolute Gasteiger partial charge is 0.462 e. The van der Waals surface area contributed by atoms with Crippen LogP contribution in [0.4, 0.5) is 0 Å². The van der Waals surface area contributed by atoms with Gasteiger partial charge in [-0.05, 0) is 44.9 Å². The molecule has 12 nitrogen and oxygen atoms in total. The van der Waals surface area contributed by atoms with Crippen LogP contribution in [-0.4, -0.2) is 40.0 Å². The van der Waals surface area contributed by atoms with Crippen molar-refractivity contribution in [1.29, 1.82) is 0 Å². The van der Waals surface area contributed by atoms with Gasteiger partial charge in [0.1, 0.15) is 24.8 Å². The summed E-state index contributed by atoms with van der Waals surface area (Å²) in [4.78, 5) is 38.1. The van der Waals surface area contributed by atoms with Crippen LogP contribution in [0.5, 0.6) is 5.75 Å². The van der Waals surface area contributed by atoms with E-state index < -0.39 is 43.3 Å². The van der Waals surface area contributed by atoms with Gasteiger partial charge in [0, 0.05) is 18.2 Å². The molecule has 2 heterocycles. The number of hydrogen-bond acceptors (Lipinski definition) is 9. The molecule has 3 aromatic rings. The number of nitrogens with zero attached hydrogens (tertiary/aromatic N) is 2. The fourth-order valence-corrected chi connectivity index (χ4v) is 6.08. The van der Waals surface area contributed by atoms with Gasteiger partial charge < -0.3 is 18.7 Å². The van der Waals surface area contributed by atoms with Crippen LogP contribution >= 0.6 is 7.75 Å². The minimum absolute atomic E-state index is 0.148. The third-order valence-corrected chi connectivity index (χ3v) is 8.26. The molecule has 43 heavy (non-hydrogen) atoms. The van der Waals surface area contributed by atoms with Gasteiger partial charge in [0.2, 0.25) is 0 Å². The second kappa shape index (κ2) is 14.8. The van der Waals surface area contributed by atoms with Crippen LogP contribution < -0.4 is 20.9 Å². The Labute approximate surface area is 250 Å². The highest BCUT2D eigenvalue weighted by atomic mass is 31.2. The van der Waals surface area contributed by atoms with Gasteiger partial charge in [-0.2, -0.15) is 5.09 Å². The van der Waals surface area contributed by atoms with Gasteiger partial charge in [0.05, 0.1) is 25.4 Å². The maximum atomic E-state index is 13.8. The van der Waals surface area contributed by atoms with Crippen molar-refractivity contribution in [3.8, 4) is 5.75 Å². The molecule has 5 atom stereocenters. The summed E-state index contributed by atoms with van der Waals surface area (Å²) in [5.41, 5.74) is -0.150. The standard InChI is InChI=1S/C30H38N3O9P/c1-21(2)40-29(35)23(4)31-43(37,42-25-13-9-6-10-14-25)39-19-26-17-22(3)28(41-26)32-16-15-27(34)33(30(32)36)20-38-18-24-11-7-5-8-12-24/h5-16,21-23,26,28H,17-20H2,1-4H3,(H,31,37). The van der Waals surface area contributed by atoms with Crippen LogP contribution in [0.2, 0.25) is 0 Å². The first kappa shape index (κ1) is 32.4. The van der Waals surface area contributed by atoms with Crippen molar-refractivity contribution in [2.75, 3.05) is 6.61 Å². The molecule has 1 aromatic heterocycles. The molecule has 0 saturated carbocycles. The Bertz CT molecular complexity index is 1510. The van der Waals surface area contributed by atoms with Crippen LogP contribution in [0.1, 0.15) is 45.9 Å². The normalized spacial score (nSPS) is 20.4. The summed E-state index contributed by atoms with van der Waals surface area (Å²) >= 11 is 0. The molecule has 13 heteroatoms. The van der Waals surface area contributed by atoms with E-state index in [1.807, 2.05) is 37.3 Å². The number of carbonyl (C=O) groups is 1. The van der Waals surface area contributed by atoms with E-state index >= 15 is 0 Å². The molecule has 1 N–H and O–H groups in total. The number of aromatic nitrogens is 2. The Morgan fingerprint density at radius 3 is 2.40 bits per heavy atom. The average Bonchev–Trinajstić information content (AvgIpc) is 3.34. The van der Waals surface area contributed by atoms with E-state index in [-0.39, 0.29) is 37.7 Å². The van der Waals surface area contributed by atoms with Crippen LogP contribution in [0.25, 0.3) is 0 Å². The van der Waals surface area contributed by atoms with Crippen molar-refractivity contribution >= 4 is 13.7 Å². The van der Waals surface area contributed by atoms with Crippen molar-refractivity contribution in [2.45, 2.75) is 71.9 Å². The average molecular weight is 616 g/mol. The SMILES string of the molecule is CC(C)OC(=O)C(C)NP(=O)(OCC1CC(C)C(n2ccc(=O)n(COCc3ccccc3)c2=O)O1)Oc1ccccc1. The molecule has 1 saturated heterocycles. The predicted molar refractivity (Wildman–Crippen MR) is 158 cm³/mol. The number of rotatable bonds is 14. The van der Waals surface area contributed by atoms with Crippen molar-refractivity contribution in [3.05, 3.63) is 99.3 Å². The van der Waals surface area contributed by atoms with E-state index in [0.29, 0.717) is 6.42 Å². The van der Waals surface area contributed by atoms with Crippen LogP contribution in [0.15, 0.2) is 82.5 Å². The van der Waals surface area contributed by atoms with E-state index in [2.05, 4.69) is 5.09 Å². The molecule has 0 bridgehead atoms. The lowest BCUT2D eigenvalue weighted by molar-refractivity contribution is -0.149. The summed E-state index contributed by atoms with van der Waals surface area (Å²) in [6.07, 6.45) is 0.247. The monoisotopic (exact) mass is 615 g/mol. The smallest absolute Gasteiger partial charge is 0.459 e. The lowest BCUT2D eigenvalue weighted by Gasteiger charge is -2.24. The Morgan fingerprint density at radius 1 is 1.05 bits per heavy atom. The van der Waals surface area contributed by atoms with Crippen LogP contribution in [0, 0.1) is 5.92 Å². The first-order valence-corrected chi connectivity index (χ1v) is 15.7. The third kappa shape index (κ3) is 8.98. The Hall–Kier alpha value is -3.54. The molecular formula is C30H38N3O9P. The van der Waals surface area contributed by atoms with E-state index in [1.165, 1.54) is 23.8 Å². The van der Waals surface area contributed by atoms with Crippen LogP contribution in [-0.2, 0) is 41.4 Å². The summed E-state index contributed by atoms with van der Waals surface area (Å²) in [5.74, 6) is -0.474. The highest BCUT2D eigenvalue weighted by molar-refractivity contribution is 7.52. The second-order valence-electron chi connectivity index (χ2n) is 10.6. The number of esters is 1. The summed E-state index contributed by atoms with van der Waals surface area (Å²) in [7, 11) is -4.08. The zero-order valence-corrected chi connectivity index (χ0v) is 25.6. The molecule has 0 amide bonds. The second-order valence-corrected chi connectivity index (χ2v) is 12.3. The minimum Gasteiger partial charge on any atom is -0.462 e. The van der Waals surface area contributed by atoms with Gasteiger partial charge in [0.25, 0.3) is 5.56 Å². The highest BCUT2D eigenvalue weighted by Crippen LogP contribution is 2.46. The van der Waals surface area contributed by atoms with E-state index in [0.717, 1.165) is 10.1 Å². The predicted octanol–water partition coefficient (Wildman–Crippen LogP) is 4.24. The maximum absolute atomic E-state index is 13.8. The lowest BCUT2D eigenvalue weighted by Crippen LogP contribution is -2.41. The van der Waals surface area contributed by atoms with E-state index in [1.54, 1.807) is 44.2 Å². The fourth-order valence-electron chi connectivity index (χ4n) is 4.55. The first-order valence-electron chi connectivity index (χ1n) is 14.1. The summed E-state index contributed by atoms with van der Waals surface area (Å²) in [6.45, 7) is 6.70. The first-order chi connectivity index (χ1) is 20.5. The van der Waals surface area contributed by atoms with Gasteiger partial charge >= 0.3 is 19.4 Å². The number of hydrogen-bond donors (Lipinski definition) is 1. The molecule has 1 aliphatic heterocycles. The minimum atomic E-state index is -4.08. The molecular weight excluding hydrogens is 577 g/mol. The molecule has 1 fully saturated rings. The van der Waals surface area contributed by atoms with E-state index in [4.69, 9.17) is 23.3 Å². The summed E-state index contributed by atoms with van der Waals surface area (Å²) in [5, 5.41) is 2.65. The molecule has 1 aliphatic rings. The van der Waals surface area contributed by atoms with Gasteiger partial charge in [-0.1, -0.05) is 55.5 Å². The van der Waals surface area contributed by atoms with Crippen molar-refractivity contribution < 1.29 is 32.6 Å². The van der Waals surface area contributed by atoms with Crippen molar-refractivity contribution in [2.24, 2.45) is 5.92 Å². The van der Waals surface area contributed by atoms with Gasteiger partial charge in [-0.3, -0.25) is 18.7 Å². The third-order valence-electron chi connectivity index (χ3n) is 6.61. The van der Waals surface area contributed by atoms with Gasteiger partial charge in [-0.25, -0.2) is 13.9 Å². The number of nitrogens with one attached hydrogen (secondary N) is 1. The van der Waals surface area contributed by atoms with E-state index in [9.17, 15) is 18.9 Å². The summed E-state index contributed by atoms with van der Waals surface area (Å²) in [6, 6.07) is 18.2. The highest BCUT2D eigenvalue weighted by Gasteiger charge is 2.38. The number of ether oxygens (including phenoxy) is 3. The Kier molecular flexibility index (Phi) is 11.1. The number of benzene rings is 2.